The van der Waals surface area contributed by atoms with Crippen molar-refractivity contribution in [1.29, 1.82) is 0 Å². The Hall–Kier alpha value is -2.50. The minimum Gasteiger partial charge on any atom is -0.497 e. The molecule has 0 aliphatic heterocycles. The summed E-state index contributed by atoms with van der Waals surface area (Å²) in [5, 5.41) is 2.90. The van der Waals surface area contributed by atoms with E-state index in [0.29, 0.717) is 18.8 Å². The fourth-order valence-corrected chi connectivity index (χ4v) is 1.99. The number of amides is 1. The second-order valence-corrected chi connectivity index (χ2v) is 4.93. The number of nitrogens with zero attached hydrogens (tertiary/aromatic N) is 2. The maximum Gasteiger partial charge on any atom is 0.269 e. The van der Waals surface area contributed by atoms with Crippen molar-refractivity contribution in [2.45, 2.75) is 26.4 Å². The molecule has 2 rings (SSSR count). The first-order valence-electron chi connectivity index (χ1n) is 7.22. The second-order valence-electron chi connectivity index (χ2n) is 4.93. The van der Waals surface area contributed by atoms with Crippen molar-refractivity contribution in [2.75, 3.05) is 13.7 Å². The van der Waals surface area contributed by atoms with Gasteiger partial charge in [0.1, 0.15) is 23.8 Å². The standard InChI is InChI=1S/C16H21N3O3/c1-4-19-11-17-9-15(19)16(20)18-12(2)10-22-14-7-5-13(21-3)6-8-14/h5-9,11-12H,4,10H2,1-3H3,(H,18,20)/t12-/m1/s1. The smallest absolute Gasteiger partial charge is 0.269 e. The van der Waals surface area contributed by atoms with E-state index in [1.807, 2.05) is 38.1 Å². The third kappa shape index (κ3) is 4.00. The highest BCUT2D eigenvalue weighted by molar-refractivity contribution is 5.92. The van der Waals surface area contributed by atoms with Crippen LogP contribution in [0.2, 0.25) is 0 Å². The zero-order valence-electron chi connectivity index (χ0n) is 13.1. The van der Waals surface area contributed by atoms with Crippen molar-refractivity contribution in [3.05, 3.63) is 42.5 Å². The van der Waals surface area contributed by atoms with Gasteiger partial charge in [0.05, 0.1) is 25.7 Å². The lowest BCUT2D eigenvalue weighted by Gasteiger charge is -2.15. The van der Waals surface area contributed by atoms with Crippen molar-refractivity contribution in [3.8, 4) is 11.5 Å². The van der Waals surface area contributed by atoms with Crippen molar-refractivity contribution in [2.24, 2.45) is 0 Å². The minimum atomic E-state index is -0.148. The van der Waals surface area contributed by atoms with Gasteiger partial charge >= 0.3 is 0 Å². The number of ether oxygens (including phenoxy) is 2. The van der Waals surface area contributed by atoms with E-state index in [1.165, 1.54) is 0 Å². The van der Waals surface area contributed by atoms with E-state index in [1.54, 1.807) is 24.2 Å². The summed E-state index contributed by atoms with van der Waals surface area (Å²) in [5.74, 6) is 1.37. The van der Waals surface area contributed by atoms with Gasteiger partial charge in [-0.05, 0) is 38.1 Å². The van der Waals surface area contributed by atoms with Crippen molar-refractivity contribution < 1.29 is 14.3 Å². The molecule has 0 bridgehead atoms. The van der Waals surface area contributed by atoms with Crippen LogP contribution < -0.4 is 14.8 Å². The second kappa shape index (κ2) is 7.49. The summed E-state index contributed by atoms with van der Waals surface area (Å²) in [6, 6.07) is 7.21. The molecule has 1 amide bonds. The van der Waals surface area contributed by atoms with Gasteiger partial charge < -0.3 is 19.4 Å². The van der Waals surface area contributed by atoms with Gasteiger partial charge in [0.15, 0.2) is 0 Å². The fourth-order valence-electron chi connectivity index (χ4n) is 1.99. The molecule has 0 aliphatic carbocycles. The maximum atomic E-state index is 12.1. The average molecular weight is 303 g/mol. The SMILES string of the molecule is CCn1cncc1C(=O)N[C@H](C)COc1ccc(OC)cc1. The van der Waals surface area contributed by atoms with Crippen LogP contribution in [0, 0.1) is 0 Å². The number of imidazole rings is 1. The number of benzene rings is 1. The van der Waals surface area contributed by atoms with Gasteiger partial charge in [-0.25, -0.2) is 4.98 Å². The highest BCUT2D eigenvalue weighted by Gasteiger charge is 2.14. The number of methoxy groups -OCH3 is 1. The Bertz CT molecular complexity index is 607. The Morgan fingerprint density at radius 2 is 2.00 bits per heavy atom. The molecule has 22 heavy (non-hydrogen) atoms. The van der Waals surface area contributed by atoms with Crippen LogP contribution in [0.1, 0.15) is 24.3 Å². The van der Waals surface area contributed by atoms with Gasteiger partial charge in [-0.1, -0.05) is 0 Å². The van der Waals surface area contributed by atoms with Gasteiger partial charge in [0.25, 0.3) is 5.91 Å². The molecule has 1 N–H and O–H groups in total. The summed E-state index contributed by atoms with van der Waals surface area (Å²) in [5.41, 5.74) is 0.554. The average Bonchev–Trinajstić information content (AvgIpc) is 3.02. The zero-order chi connectivity index (χ0) is 15.9. The molecule has 118 valence electrons. The first kappa shape index (κ1) is 15.9. The monoisotopic (exact) mass is 303 g/mol. The summed E-state index contributed by atoms with van der Waals surface area (Å²) < 4.78 is 12.5. The molecule has 1 aromatic carbocycles. The summed E-state index contributed by atoms with van der Waals surface area (Å²) in [6.07, 6.45) is 3.21. The molecular weight excluding hydrogens is 282 g/mol. The molecule has 1 heterocycles. The Kier molecular flexibility index (Phi) is 5.41. The molecule has 0 unspecified atom stereocenters. The third-order valence-electron chi connectivity index (χ3n) is 3.22. The predicted molar refractivity (Wildman–Crippen MR) is 83.3 cm³/mol. The number of hydrogen-bond donors (Lipinski definition) is 1. The van der Waals surface area contributed by atoms with E-state index in [2.05, 4.69) is 10.3 Å². The van der Waals surface area contributed by atoms with Gasteiger partial charge in [-0.15, -0.1) is 0 Å². The number of hydrogen-bond acceptors (Lipinski definition) is 4. The van der Waals surface area contributed by atoms with Crippen LogP contribution in [0.25, 0.3) is 0 Å². The maximum absolute atomic E-state index is 12.1. The molecule has 0 spiro atoms. The lowest BCUT2D eigenvalue weighted by Crippen LogP contribution is -2.37. The highest BCUT2D eigenvalue weighted by atomic mass is 16.5. The molecule has 6 heteroatoms. The van der Waals surface area contributed by atoms with Gasteiger partial charge in [0.2, 0.25) is 0 Å². The summed E-state index contributed by atoms with van der Waals surface area (Å²) in [7, 11) is 1.62. The molecule has 0 aliphatic rings. The normalized spacial score (nSPS) is 11.8. The number of nitrogens with one attached hydrogen (secondary N) is 1. The summed E-state index contributed by atoms with van der Waals surface area (Å²) >= 11 is 0. The summed E-state index contributed by atoms with van der Waals surface area (Å²) in [4.78, 5) is 16.1. The molecule has 0 saturated carbocycles. The van der Waals surface area contributed by atoms with E-state index in [0.717, 1.165) is 11.5 Å². The first-order valence-corrected chi connectivity index (χ1v) is 7.22. The topological polar surface area (TPSA) is 65.4 Å². The lowest BCUT2D eigenvalue weighted by molar-refractivity contribution is 0.0917. The molecule has 0 saturated heterocycles. The Morgan fingerprint density at radius 3 is 2.64 bits per heavy atom. The highest BCUT2D eigenvalue weighted by Crippen LogP contribution is 2.17. The van der Waals surface area contributed by atoms with Gasteiger partial charge in [-0.2, -0.15) is 0 Å². The van der Waals surface area contributed by atoms with Gasteiger partial charge in [0, 0.05) is 6.54 Å². The Balaban J connectivity index is 1.84. The summed E-state index contributed by atoms with van der Waals surface area (Å²) in [6.45, 7) is 4.96. The number of carbonyl (C=O) groups excluding carboxylic acids is 1. The van der Waals surface area contributed by atoms with Crippen molar-refractivity contribution in [1.82, 2.24) is 14.9 Å². The number of carbonyl (C=O) groups is 1. The molecular formula is C16H21N3O3. The van der Waals surface area contributed by atoms with E-state index in [-0.39, 0.29) is 11.9 Å². The Labute approximate surface area is 130 Å². The zero-order valence-corrected chi connectivity index (χ0v) is 13.1. The molecule has 6 nitrogen and oxygen atoms in total. The van der Waals surface area contributed by atoms with Crippen LogP contribution in [0.15, 0.2) is 36.8 Å². The van der Waals surface area contributed by atoms with Crippen LogP contribution in [0.5, 0.6) is 11.5 Å². The first-order chi connectivity index (χ1) is 10.6. The quantitative estimate of drug-likeness (QED) is 0.851. The molecule has 0 fully saturated rings. The predicted octanol–water partition coefficient (Wildman–Crippen LogP) is 2.11. The van der Waals surface area contributed by atoms with Crippen molar-refractivity contribution in [3.63, 3.8) is 0 Å². The van der Waals surface area contributed by atoms with Crippen LogP contribution in [0.3, 0.4) is 0 Å². The molecule has 0 radical (unpaired) electrons. The Morgan fingerprint density at radius 1 is 1.32 bits per heavy atom. The van der Waals surface area contributed by atoms with Crippen LogP contribution in [0.4, 0.5) is 0 Å². The van der Waals surface area contributed by atoms with E-state index in [4.69, 9.17) is 9.47 Å². The minimum absolute atomic E-state index is 0.116. The fraction of sp³-hybridized carbons (Fsp3) is 0.375. The van der Waals surface area contributed by atoms with Crippen LogP contribution in [-0.4, -0.2) is 35.2 Å². The largest absolute Gasteiger partial charge is 0.497 e. The third-order valence-corrected chi connectivity index (χ3v) is 3.22. The number of rotatable bonds is 7. The van der Waals surface area contributed by atoms with Gasteiger partial charge in [-0.3, -0.25) is 4.79 Å². The van der Waals surface area contributed by atoms with Crippen molar-refractivity contribution >= 4 is 5.91 Å². The molecule has 1 atom stereocenters. The molecule has 2 aromatic rings. The number of aryl methyl sites for hydroxylation is 1. The van der Waals surface area contributed by atoms with E-state index < -0.39 is 0 Å². The van der Waals surface area contributed by atoms with Crippen LogP contribution >= 0.6 is 0 Å². The van der Waals surface area contributed by atoms with E-state index in [9.17, 15) is 4.79 Å². The van der Waals surface area contributed by atoms with E-state index >= 15 is 0 Å². The van der Waals surface area contributed by atoms with Crippen LogP contribution in [-0.2, 0) is 6.54 Å². The molecule has 1 aromatic heterocycles. The number of aromatic nitrogens is 2. The lowest BCUT2D eigenvalue weighted by atomic mass is 10.3.